The van der Waals surface area contributed by atoms with Crippen LogP contribution in [0.15, 0.2) is 0 Å². The minimum Gasteiger partial charge on any atom is -0.377 e. The van der Waals surface area contributed by atoms with Crippen molar-refractivity contribution in [2.24, 2.45) is 28.4 Å². The first-order valence-electron chi connectivity index (χ1n) is 8.24. The van der Waals surface area contributed by atoms with E-state index in [1.807, 2.05) is 0 Å². The van der Waals surface area contributed by atoms with E-state index in [9.17, 15) is 4.79 Å². The maximum atomic E-state index is 12.8. The number of hydrogen-bond acceptors (Lipinski definition) is 3. The molecule has 0 radical (unpaired) electrons. The van der Waals surface area contributed by atoms with Gasteiger partial charge in [-0.05, 0) is 24.2 Å². The highest BCUT2D eigenvalue weighted by Crippen LogP contribution is 2.57. The third kappa shape index (κ3) is 2.40. The average Bonchev–Trinajstić information content (AvgIpc) is 2.43. The molecule has 0 spiro atoms. The molecule has 3 atom stereocenters. The number of nitrogens with two attached hydrogens (primary N) is 1. The molecular weight excluding hydrogens is 264 g/mol. The zero-order valence-corrected chi connectivity index (χ0v) is 14.5. The number of carbonyl (C=O) groups excluding carboxylic acids is 1. The SMILES string of the molecule is CC(C)C(C)(C)CNC(=O)C1(N)C2CCCOC2C1(C)C. The molecule has 4 heteroatoms. The lowest BCUT2D eigenvalue weighted by Crippen LogP contribution is -2.82. The summed E-state index contributed by atoms with van der Waals surface area (Å²) in [6, 6.07) is 0. The molecule has 0 aromatic carbocycles. The van der Waals surface area contributed by atoms with E-state index in [0.717, 1.165) is 19.4 Å². The van der Waals surface area contributed by atoms with Gasteiger partial charge in [0.1, 0.15) is 5.54 Å². The van der Waals surface area contributed by atoms with Crippen molar-refractivity contribution < 1.29 is 9.53 Å². The molecule has 4 nitrogen and oxygen atoms in total. The topological polar surface area (TPSA) is 64.4 Å². The van der Waals surface area contributed by atoms with Crippen molar-refractivity contribution in [3.63, 3.8) is 0 Å². The second-order valence-electron chi connectivity index (χ2n) is 8.46. The Morgan fingerprint density at radius 3 is 2.62 bits per heavy atom. The fourth-order valence-corrected chi connectivity index (χ4v) is 3.70. The highest BCUT2D eigenvalue weighted by molar-refractivity contribution is 5.89. The highest BCUT2D eigenvalue weighted by Gasteiger charge is 2.70. The van der Waals surface area contributed by atoms with Gasteiger partial charge in [0.25, 0.3) is 0 Å². The summed E-state index contributed by atoms with van der Waals surface area (Å²) < 4.78 is 5.86. The van der Waals surface area contributed by atoms with E-state index in [0.29, 0.717) is 12.5 Å². The van der Waals surface area contributed by atoms with Gasteiger partial charge < -0.3 is 15.8 Å². The van der Waals surface area contributed by atoms with Crippen LogP contribution >= 0.6 is 0 Å². The Hall–Kier alpha value is -0.610. The first-order valence-corrected chi connectivity index (χ1v) is 8.24. The van der Waals surface area contributed by atoms with Gasteiger partial charge in [-0.2, -0.15) is 0 Å². The van der Waals surface area contributed by atoms with E-state index >= 15 is 0 Å². The number of amides is 1. The van der Waals surface area contributed by atoms with Gasteiger partial charge in [-0.15, -0.1) is 0 Å². The number of ether oxygens (including phenoxy) is 1. The van der Waals surface area contributed by atoms with Crippen molar-refractivity contribution in [1.29, 1.82) is 0 Å². The lowest BCUT2D eigenvalue weighted by Gasteiger charge is -2.65. The van der Waals surface area contributed by atoms with Gasteiger partial charge in [-0.25, -0.2) is 0 Å². The summed E-state index contributed by atoms with van der Waals surface area (Å²) in [5.41, 5.74) is 5.56. The molecule has 1 heterocycles. The number of hydrogen-bond donors (Lipinski definition) is 2. The molecule has 3 N–H and O–H groups in total. The van der Waals surface area contributed by atoms with Gasteiger partial charge in [0.05, 0.1) is 6.10 Å². The van der Waals surface area contributed by atoms with E-state index in [4.69, 9.17) is 10.5 Å². The van der Waals surface area contributed by atoms with Crippen molar-refractivity contribution in [2.75, 3.05) is 13.2 Å². The fourth-order valence-electron chi connectivity index (χ4n) is 3.70. The second-order valence-corrected chi connectivity index (χ2v) is 8.46. The smallest absolute Gasteiger partial charge is 0.241 e. The van der Waals surface area contributed by atoms with E-state index in [1.165, 1.54) is 0 Å². The van der Waals surface area contributed by atoms with Gasteiger partial charge in [-0.3, -0.25) is 4.79 Å². The lowest BCUT2D eigenvalue weighted by molar-refractivity contribution is -0.225. The van der Waals surface area contributed by atoms with Crippen LogP contribution < -0.4 is 11.1 Å². The van der Waals surface area contributed by atoms with Crippen LogP contribution in [0.2, 0.25) is 0 Å². The minimum atomic E-state index is -0.800. The molecule has 1 aliphatic heterocycles. The maximum absolute atomic E-state index is 12.8. The van der Waals surface area contributed by atoms with Crippen molar-refractivity contribution in [3.8, 4) is 0 Å². The normalized spacial score (nSPS) is 35.0. The Bertz CT molecular complexity index is 417. The standard InChI is InChI=1S/C17H32N2O2/c1-11(2)15(3,4)10-19-14(20)17(18)12-8-7-9-21-13(12)16(17,5)6/h11-13H,7-10,18H2,1-6H3,(H,19,20). The zero-order valence-electron chi connectivity index (χ0n) is 14.5. The van der Waals surface area contributed by atoms with Crippen molar-refractivity contribution in [1.82, 2.24) is 5.32 Å². The summed E-state index contributed by atoms with van der Waals surface area (Å²) in [5, 5.41) is 3.12. The molecule has 0 aromatic heterocycles. The van der Waals surface area contributed by atoms with E-state index < -0.39 is 5.54 Å². The molecule has 2 fully saturated rings. The van der Waals surface area contributed by atoms with E-state index in [-0.39, 0.29) is 28.8 Å². The highest BCUT2D eigenvalue weighted by atomic mass is 16.5. The Balaban J connectivity index is 2.07. The summed E-state index contributed by atoms with van der Waals surface area (Å²) in [5.74, 6) is 0.656. The monoisotopic (exact) mass is 296 g/mol. The second kappa shape index (κ2) is 5.24. The van der Waals surface area contributed by atoms with Crippen LogP contribution in [0.25, 0.3) is 0 Å². The van der Waals surface area contributed by atoms with Crippen LogP contribution in [0.1, 0.15) is 54.4 Å². The molecule has 1 saturated carbocycles. The first kappa shape index (κ1) is 16.8. The maximum Gasteiger partial charge on any atom is 0.241 e. The molecule has 2 rings (SSSR count). The van der Waals surface area contributed by atoms with Gasteiger partial charge >= 0.3 is 0 Å². The molecule has 1 amide bonds. The molecule has 1 saturated heterocycles. The molecule has 0 aromatic rings. The summed E-state index contributed by atoms with van der Waals surface area (Å²) in [6.45, 7) is 14.3. The Morgan fingerprint density at radius 2 is 2.05 bits per heavy atom. The van der Waals surface area contributed by atoms with Crippen LogP contribution in [0.5, 0.6) is 0 Å². The lowest BCUT2D eigenvalue weighted by atomic mass is 9.46. The average molecular weight is 296 g/mol. The number of rotatable bonds is 4. The summed E-state index contributed by atoms with van der Waals surface area (Å²) in [6.07, 6.45) is 2.12. The predicted octanol–water partition coefficient (Wildman–Crippen LogP) is 2.32. The number of nitrogens with one attached hydrogen (secondary N) is 1. The third-order valence-corrected chi connectivity index (χ3v) is 6.33. The van der Waals surface area contributed by atoms with Crippen LogP contribution in [0.4, 0.5) is 0 Å². The van der Waals surface area contributed by atoms with Crippen LogP contribution in [-0.2, 0) is 9.53 Å². The van der Waals surface area contributed by atoms with Gasteiger partial charge in [-0.1, -0.05) is 41.5 Å². The molecule has 21 heavy (non-hydrogen) atoms. The van der Waals surface area contributed by atoms with Crippen LogP contribution in [0, 0.1) is 22.7 Å². The summed E-state index contributed by atoms with van der Waals surface area (Å²) >= 11 is 0. The van der Waals surface area contributed by atoms with Crippen molar-refractivity contribution in [2.45, 2.75) is 66.0 Å². The summed E-state index contributed by atoms with van der Waals surface area (Å²) in [7, 11) is 0. The summed E-state index contributed by atoms with van der Waals surface area (Å²) in [4.78, 5) is 12.8. The third-order valence-electron chi connectivity index (χ3n) is 6.33. The molecule has 0 bridgehead atoms. The van der Waals surface area contributed by atoms with Gasteiger partial charge in [0.2, 0.25) is 5.91 Å². The quantitative estimate of drug-likeness (QED) is 0.837. The van der Waals surface area contributed by atoms with Gasteiger partial charge in [0.15, 0.2) is 0 Å². The molecule has 1 aliphatic carbocycles. The number of carbonyl (C=O) groups is 1. The van der Waals surface area contributed by atoms with Crippen LogP contribution in [0.3, 0.4) is 0 Å². The molecule has 3 unspecified atom stereocenters. The fraction of sp³-hybridized carbons (Fsp3) is 0.941. The van der Waals surface area contributed by atoms with Crippen molar-refractivity contribution in [3.05, 3.63) is 0 Å². The first-order chi connectivity index (χ1) is 9.55. The Labute approximate surface area is 129 Å². The molecule has 2 aliphatic rings. The van der Waals surface area contributed by atoms with E-state index in [2.05, 4.69) is 46.9 Å². The predicted molar refractivity (Wildman–Crippen MR) is 84.8 cm³/mol. The Kier molecular flexibility index (Phi) is 4.18. The zero-order chi connectivity index (χ0) is 16.1. The van der Waals surface area contributed by atoms with Crippen molar-refractivity contribution >= 4 is 5.91 Å². The van der Waals surface area contributed by atoms with Crippen LogP contribution in [-0.4, -0.2) is 30.7 Å². The van der Waals surface area contributed by atoms with Gasteiger partial charge in [0, 0.05) is 24.5 Å². The van der Waals surface area contributed by atoms with E-state index in [1.54, 1.807) is 0 Å². The molecule has 122 valence electrons. The minimum absolute atomic E-state index is 0.00650. The largest absolute Gasteiger partial charge is 0.377 e. The number of fused-ring (bicyclic) bond motifs is 1. The molecular formula is C17H32N2O2. The Morgan fingerprint density at radius 1 is 1.43 bits per heavy atom.